The molecule has 1 aromatic heterocycles. The Morgan fingerprint density at radius 1 is 1.47 bits per heavy atom. The Balaban J connectivity index is 2.28. The Morgan fingerprint density at radius 2 is 2.21 bits per heavy atom. The van der Waals surface area contributed by atoms with Crippen molar-refractivity contribution in [2.75, 3.05) is 18.0 Å². The highest BCUT2D eigenvalue weighted by atomic mass is 15.2. The summed E-state index contributed by atoms with van der Waals surface area (Å²) in [6.45, 7) is 13.0. The number of hydrogen-bond donors (Lipinski definition) is 1. The zero-order chi connectivity index (χ0) is 13.8. The maximum absolute atomic E-state index is 4.76. The maximum atomic E-state index is 4.76. The fourth-order valence-electron chi connectivity index (χ4n) is 2.38. The zero-order valence-corrected chi connectivity index (χ0v) is 12.4. The van der Waals surface area contributed by atoms with Crippen molar-refractivity contribution >= 4 is 5.82 Å². The minimum absolute atomic E-state index is 0.725. The van der Waals surface area contributed by atoms with E-state index in [0.29, 0.717) is 0 Å². The van der Waals surface area contributed by atoms with Gasteiger partial charge >= 0.3 is 0 Å². The van der Waals surface area contributed by atoms with Crippen LogP contribution < -0.4 is 10.2 Å². The third kappa shape index (κ3) is 3.57. The van der Waals surface area contributed by atoms with Crippen molar-refractivity contribution in [2.24, 2.45) is 0 Å². The van der Waals surface area contributed by atoms with E-state index in [1.54, 1.807) is 0 Å². The number of hydrogen-bond acceptors (Lipinski definition) is 3. The molecule has 0 atom stereocenters. The predicted octanol–water partition coefficient (Wildman–Crippen LogP) is 2.96. The lowest BCUT2D eigenvalue weighted by Crippen LogP contribution is -2.27. The van der Waals surface area contributed by atoms with Crippen LogP contribution in [0.1, 0.15) is 36.6 Å². The predicted molar refractivity (Wildman–Crippen MR) is 81.7 cm³/mol. The molecule has 0 unspecified atom stereocenters. The number of pyridine rings is 1. The monoisotopic (exact) mass is 259 g/mol. The summed E-state index contributed by atoms with van der Waals surface area (Å²) in [5, 5.41) is 3.60. The minimum Gasteiger partial charge on any atom is -0.353 e. The quantitative estimate of drug-likeness (QED) is 0.763. The van der Waals surface area contributed by atoms with Crippen LogP contribution in [-0.2, 0) is 6.54 Å². The van der Waals surface area contributed by atoms with E-state index < -0.39 is 0 Å². The summed E-state index contributed by atoms with van der Waals surface area (Å²) in [5.41, 5.74) is 3.75. The second-order valence-electron chi connectivity index (χ2n) is 5.37. The molecule has 0 aliphatic heterocycles. The first kappa shape index (κ1) is 14.1. The van der Waals surface area contributed by atoms with E-state index in [1.807, 2.05) is 6.08 Å². The second-order valence-corrected chi connectivity index (χ2v) is 5.37. The first-order chi connectivity index (χ1) is 9.15. The van der Waals surface area contributed by atoms with Gasteiger partial charge in [0.2, 0.25) is 0 Å². The topological polar surface area (TPSA) is 28.2 Å². The van der Waals surface area contributed by atoms with E-state index in [1.165, 1.54) is 24.0 Å². The molecule has 2 rings (SSSR count). The molecule has 104 valence electrons. The molecule has 0 amide bonds. The Hall–Kier alpha value is -1.35. The van der Waals surface area contributed by atoms with E-state index in [0.717, 1.165) is 37.2 Å². The summed E-state index contributed by atoms with van der Waals surface area (Å²) in [5.74, 6) is 1.12. The van der Waals surface area contributed by atoms with Crippen LogP contribution in [0.4, 0.5) is 5.82 Å². The average molecular weight is 259 g/mol. The highest BCUT2D eigenvalue weighted by Gasteiger charge is 2.22. The lowest BCUT2D eigenvalue weighted by Gasteiger charge is -2.25. The van der Waals surface area contributed by atoms with E-state index in [9.17, 15) is 0 Å². The van der Waals surface area contributed by atoms with Crippen molar-refractivity contribution in [3.05, 3.63) is 35.5 Å². The maximum Gasteiger partial charge on any atom is 0.133 e. The molecule has 19 heavy (non-hydrogen) atoms. The SMILES string of the molecule is C=CCN(CC)c1nc(C)cc(C)c1CNC1CC1. The highest BCUT2D eigenvalue weighted by molar-refractivity contribution is 5.52. The summed E-state index contributed by atoms with van der Waals surface area (Å²) in [6, 6.07) is 2.90. The lowest BCUT2D eigenvalue weighted by molar-refractivity contribution is 0.679. The molecule has 0 bridgehead atoms. The van der Waals surface area contributed by atoms with Crippen LogP contribution in [0.2, 0.25) is 0 Å². The largest absolute Gasteiger partial charge is 0.353 e. The number of likely N-dealkylation sites (N-methyl/N-ethyl adjacent to an activating group) is 1. The second kappa shape index (κ2) is 6.20. The minimum atomic E-state index is 0.725. The lowest BCUT2D eigenvalue weighted by atomic mass is 10.1. The van der Waals surface area contributed by atoms with Gasteiger partial charge in [0.1, 0.15) is 5.82 Å². The van der Waals surface area contributed by atoms with Gasteiger partial charge in [-0.3, -0.25) is 0 Å². The molecule has 0 aromatic carbocycles. The molecule has 1 fully saturated rings. The van der Waals surface area contributed by atoms with Gasteiger partial charge in [-0.25, -0.2) is 4.98 Å². The van der Waals surface area contributed by atoms with Crippen molar-refractivity contribution in [1.82, 2.24) is 10.3 Å². The number of aryl methyl sites for hydroxylation is 2. The van der Waals surface area contributed by atoms with Crippen LogP contribution in [0.5, 0.6) is 0 Å². The van der Waals surface area contributed by atoms with E-state index in [-0.39, 0.29) is 0 Å². The molecule has 1 aliphatic carbocycles. The summed E-state index contributed by atoms with van der Waals surface area (Å²) in [4.78, 5) is 7.05. The van der Waals surface area contributed by atoms with Gasteiger partial charge in [0, 0.05) is 36.9 Å². The molecular weight excluding hydrogens is 234 g/mol. The summed E-state index contributed by atoms with van der Waals surface area (Å²) < 4.78 is 0. The molecule has 1 aromatic rings. The summed E-state index contributed by atoms with van der Waals surface area (Å²) in [6.07, 6.45) is 4.58. The number of aromatic nitrogens is 1. The highest BCUT2D eigenvalue weighted by Crippen LogP contribution is 2.25. The van der Waals surface area contributed by atoms with Gasteiger partial charge in [-0.2, -0.15) is 0 Å². The first-order valence-electron chi connectivity index (χ1n) is 7.22. The normalized spacial score (nSPS) is 14.5. The van der Waals surface area contributed by atoms with Gasteiger partial charge in [-0.1, -0.05) is 6.08 Å². The van der Waals surface area contributed by atoms with Crippen molar-refractivity contribution in [1.29, 1.82) is 0 Å². The number of nitrogens with zero attached hydrogens (tertiary/aromatic N) is 2. The zero-order valence-electron chi connectivity index (χ0n) is 12.4. The Morgan fingerprint density at radius 3 is 2.79 bits per heavy atom. The van der Waals surface area contributed by atoms with Crippen molar-refractivity contribution in [3.8, 4) is 0 Å². The molecule has 1 N–H and O–H groups in total. The van der Waals surface area contributed by atoms with Crippen LogP contribution in [0.15, 0.2) is 18.7 Å². The van der Waals surface area contributed by atoms with Gasteiger partial charge in [-0.05, 0) is 45.2 Å². The Labute approximate surface area is 116 Å². The van der Waals surface area contributed by atoms with Crippen LogP contribution in [0, 0.1) is 13.8 Å². The van der Waals surface area contributed by atoms with Gasteiger partial charge in [-0.15, -0.1) is 6.58 Å². The van der Waals surface area contributed by atoms with E-state index >= 15 is 0 Å². The van der Waals surface area contributed by atoms with Gasteiger partial charge in [0.25, 0.3) is 0 Å². The van der Waals surface area contributed by atoms with E-state index in [2.05, 4.69) is 43.6 Å². The van der Waals surface area contributed by atoms with Gasteiger partial charge < -0.3 is 10.2 Å². The Kier molecular flexibility index (Phi) is 4.59. The standard InChI is InChI=1S/C16H25N3/c1-5-9-19(6-2)16-15(11-17-14-7-8-14)12(3)10-13(4)18-16/h5,10,14,17H,1,6-9,11H2,2-4H3. The molecule has 0 saturated heterocycles. The van der Waals surface area contributed by atoms with Gasteiger partial charge in [0.05, 0.1) is 0 Å². The van der Waals surface area contributed by atoms with Crippen LogP contribution >= 0.6 is 0 Å². The van der Waals surface area contributed by atoms with Gasteiger partial charge in [0.15, 0.2) is 0 Å². The number of nitrogens with one attached hydrogen (secondary N) is 1. The summed E-state index contributed by atoms with van der Waals surface area (Å²) in [7, 11) is 0. The van der Waals surface area contributed by atoms with E-state index in [4.69, 9.17) is 4.98 Å². The molecule has 0 radical (unpaired) electrons. The fourth-order valence-corrected chi connectivity index (χ4v) is 2.38. The third-order valence-corrected chi connectivity index (χ3v) is 3.63. The van der Waals surface area contributed by atoms with Crippen LogP contribution in [-0.4, -0.2) is 24.1 Å². The number of rotatable bonds is 7. The molecule has 1 heterocycles. The average Bonchev–Trinajstić information content (AvgIpc) is 3.18. The van der Waals surface area contributed by atoms with Crippen LogP contribution in [0.25, 0.3) is 0 Å². The van der Waals surface area contributed by atoms with Crippen molar-refractivity contribution in [2.45, 2.75) is 46.2 Å². The third-order valence-electron chi connectivity index (χ3n) is 3.63. The van der Waals surface area contributed by atoms with Crippen molar-refractivity contribution < 1.29 is 0 Å². The molecule has 0 spiro atoms. The Bertz CT molecular complexity index is 450. The smallest absolute Gasteiger partial charge is 0.133 e. The molecule has 1 saturated carbocycles. The number of anilines is 1. The summed E-state index contributed by atoms with van der Waals surface area (Å²) >= 11 is 0. The molecule has 1 aliphatic rings. The molecule has 3 heteroatoms. The fraction of sp³-hybridized carbons (Fsp3) is 0.562. The first-order valence-corrected chi connectivity index (χ1v) is 7.22. The van der Waals surface area contributed by atoms with Crippen LogP contribution in [0.3, 0.4) is 0 Å². The molecular formula is C16H25N3. The molecule has 3 nitrogen and oxygen atoms in total. The van der Waals surface area contributed by atoms with Crippen molar-refractivity contribution in [3.63, 3.8) is 0 Å².